The molecule has 0 amide bonds. The minimum Gasteiger partial charge on any atom is -0.147 e. The van der Waals surface area contributed by atoms with E-state index in [9.17, 15) is 0 Å². The molecule has 2 aliphatic carbocycles. The number of rotatable bonds is 6. The molecule has 4 aromatic carbocycles. The van der Waals surface area contributed by atoms with Gasteiger partial charge in [0.2, 0.25) is 0 Å². The summed E-state index contributed by atoms with van der Waals surface area (Å²) in [6.07, 6.45) is 5.72. The normalized spacial score (nSPS) is 15.3. The summed E-state index contributed by atoms with van der Waals surface area (Å²) in [4.78, 5) is 0. The predicted molar refractivity (Wildman–Crippen MR) is 238 cm³/mol. The second-order valence-corrected chi connectivity index (χ2v) is 27.0. The summed E-state index contributed by atoms with van der Waals surface area (Å²) >= 11 is 8.94. The van der Waals surface area contributed by atoms with Gasteiger partial charge in [0.05, 0.1) is 0 Å². The van der Waals surface area contributed by atoms with Gasteiger partial charge in [0, 0.05) is 0 Å². The average molecular weight is 868 g/mol. The van der Waals surface area contributed by atoms with E-state index in [1.54, 1.807) is 12.1 Å². The molecule has 0 saturated heterocycles. The maximum atomic E-state index is 6.56. The summed E-state index contributed by atoms with van der Waals surface area (Å²) in [6, 6.07) is 29.5. The quantitative estimate of drug-likeness (QED) is 0.160. The van der Waals surface area contributed by atoms with E-state index >= 15 is 0 Å². The second-order valence-electron chi connectivity index (χ2n) is 17.9. The van der Waals surface area contributed by atoms with Crippen LogP contribution in [0.4, 0.5) is 0 Å². The van der Waals surface area contributed by atoms with Gasteiger partial charge in [-0.15, -0.1) is 24.8 Å². The topological polar surface area (TPSA) is 0 Å². The SMILES string of the molecule is CCC1=[C]([Zr](=[CH]c2ccc(Cl)cc2)(=[CH]c2ccc(Cl)cc2)[c]2c(C(C)(C)C)ccc3c2Cc2cc(C(C)(C)C)ccc2-3)C(CC)C=C1C(C)(C)C.Cl.Cl. The molecule has 0 saturated carbocycles. The average Bonchev–Trinajstić information content (AvgIpc) is 3.64. The third kappa shape index (κ3) is 8.62. The molecule has 0 N–H and O–H groups in total. The zero-order chi connectivity index (χ0) is 37.1. The Morgan fingerprint density at radius 1 is 0.660 bits per heavy atom. The van der Waals surface area contributed by atoms with E-state index in [0.29, 0.717) is 5.92 Å². The van der Waals surface area contributed by atoms with Crippen molar-refractivity contribution in [1.82, 2.24) is 0 Å². The van der Waals surface area contributed by atoms with Gasteiger partial charge in [0.1, 0.15) is 0 Å². The summed E-state index contributed by atoms with van der Waals surface area (Å²) in [7, 11) is 0. The molecule has 5 heteroatoms. The van der Waals surface area contributed by atoms with Crippen LogP contribution in [-0.2, 0) is 36.5 Å². The van der Waals surface area contributed by atoms with Gasteiger partial charge in [-0.3, -0.25) is 0 Å². The van der Waals surface area contributed by atoms with E-state index < -0.39 is 19.3 Å². The van der Waals surface area contributed by atoms with Gasteiger partial charge < -0.3 is 0 Å². The molecule has 53 heavy (non-hydrogen) atoms. The molecule has 0 fully saturated rings. The number of halogens is 4. The Morgan fingerprint density at radius 2 is 1.19 bits per heavy atom. The van der Waals surface area contributed by atoms with E-state index in [-0.39, 0.29) is 41.1 Å². The Labute approximate surface area is 346 Å². The van der Waals surface area contributed by atoms with Gasteiger partial charge in [-0.1, -0.05) is 0 Å². The minimum absolute atomic E-state index is 0. The largest absolute Gasteiger partial charge is 0.147 e. The fourth-order valence-corrected chi connectivity index (χ4v) is 23.0. The van der Waals surface area contributed by atoms with Crippen LogP contribution in [0, 0.1) is 11.3 Å². The molecular weight excluding hydrogens is 810 g/mol. The Hall–Kier alpha value is -1.86. The molecule has 6 rings (SSSR count). The smallest absolute Gasteiger partial charge is 0.147 e. The van der Waals surface area contributed by atoms with E-state index in [0.717, 1.165) is 29.3 Å². The number of benzene rings is 4. The monoisotopic (exact) mass is 864 g/mol. The Balaban J connectivity index is 0.00000314. The standard InChI is InChI=1S/C21H25.C13H21.2C7H5Cl.2ClH.Zr/c1-20(2,3)16-7-9-18-14(12-16)11-15-13-17(21(4,5)6)8-10-19(15)18;1-6-10-8-11(7-2)12(9-10)13(3,4)5;2*1-6-2-4-7(8)5-3-6;;;/h7-10,12H,11H2,1-6H3;9-10H,6-7H2,1-5H3;2*1-5H;2*1H;. The predicted octanol–water partition coefficient (Wildman–Crippen LogP) is 14.2. The molecule has 0 radical (unpaired) electrons. The van der Waals surface area contributed by atoms with E-state index in [4.69, 9.17) is 23.2 Å². The zero-order valence-electron chi connectivity index (χ0n) is 33.5. The summed E-state index contributed by atoms with van der Waals surface area (Å²) in [5.74, 6) is 0.372. The first-order valence-electron chi connectivity index (χ1n) is 18.9. The summed E-state index contributed by atoms with van der Waals surface area (Å²) in [5, 5.41) is 1.54. The van der Waals surface area contributed by atoms with Crippen LogP contribution in [-0.4, -0.2) is 7.42 Å². The van der Waals surface area contributed by atoms with E-state index in [1.165, 1.54) is 50.1 Å². The first-order valence-corrected chi connectivity index (χ1v) is 24.9. The van der Waals surface area contributed by atoms with Crippen molar-refractivity contribution in [3.8, 4) is 11.1 Å². The Bertz CT molecular complexity index is 2110. The maximum Gasteiger partial charge on any atom is -0.147 e. The van der Waals surface area contributed by atoms with Crippen molar-refractivity contribution in [3.05, 3.63) is 143 Å². The Kier molecular flexibility index (Phi) is 13.5. The number of hydrogen-bond acceptors (Lipinski definition) is 0. The summed E-state index contributed by atoms with van der Waals surface area (Å²) in [5.41, 5.74) is 14.4. The molecule has 0 aromatic heterocycles. The summed E-state index contributed by atoms with van der Waals surface area (Å²) in [6.45, 7) is 26.2. The van der Waals surface area contributed by atoms with Crippen LogP contribution >= 0.6 is 48.0 Å². The van der Waals surface area contributed by atoms with Crippen molar-refractivity contribution in [3.63, 3.8) is 0 Å². The van der Waals surface area contributed by atoms with Crippen LogP contribution in [0.25, 0.3) is 11.1 Å². The van der Waals surface area contributed by atoms with Gasteiger partial charge in [-0.25, -0.2) is 0 Å². The molecule has 1 atom stereocenters. The zero-order valence-corrected chi connectivity index (χ0v) is 39.1. The third-order valence-corrected chi connectivity index (χ3v) is 22.8. The fourth-order valence-electron chi connectivity index (χ4n) is 8.68. The van der Waals surface area contributed by atoms with Crippen molar-refractivity contribution in [2.24, 2.45) is 11.3 Å². The second kappa shape index (κ2) is 16.3. The van der Waals surface area contributed by atoms with Crippen molar-refractivity contribution in [2.45, 2.75) is 106 Å². The molecule has 4 aromatic rings. The number of allylic oxidation sites excluding steroid dienone is 4. The summed E-state index contributed by atoms with van der Waals surface area (Å²) < 4.78 is 8.91. The molecule has 0 spiro atoms. The van der Waals surface area contributed by atoms with Gasteiger partial charge in [0.15, 0.2) is 0 Å². The Morgan fingerprint density at radius 3 is 1.64 bits per heavy atom. The first kappa shape index (κ1) is 43.9. The van der Waals surface area contributed by atoms with Gasteiger partial charge in [-0.05, 0) is 0 Å². The molecule has 282 valence electrons. The molecule has 0 heterocycles. The van der Waals surface area contributed by atoms with Crippen LogP contribution in [0.15, 0.2) is 99.4 Å². The van der Waals surface area contributed by atoms with Crippen molar-refractivity contribution in [2.75, 3.05) is 0 Å². The molecule has 0 aliphatic heterocycles. The van der Waals surface area contributed by atoms with Gasteiger partial charge in [0.25, 0.3) is 0 Å². The van der Waals surface area contributed by atoms with Crippen molar-refractivity contribution in [1.29, 1.82) is 0 Å². The number of fused-ring (bicyclic) bond motifs is 3. The molecule has 0 nitrogen and oxygen atoms in total. The van der Waals surface area contributed by atoms with Crippen molar-refractivity contribution < 1.29 is 19.3 Å². The first-order chi connectivity index (χ1) is 23.9. The minimum atomic E-state index is -4.17. The molecule has 1 unspecified atom stereocenters. The molecule has 2 aliphatic rings. The van der Waals surface area contributed by atoms with E-state index in [2.05, 4.69) is 169 Å². The van der Waals surface area contributed by atoms with Crippen LogP contribution < -0.4 is 3.27 Å². The van der Waals surface area contributed by atoms with Crippen molar-refractivity contribution >= 4 is 58.7 Å². The maximum absolute atomic E-state index is 6.56. The van der Waals surface area contributed by atoms with Gasteiger partial charge in [-0.2, -0.15) is 0 Å². The number of hydrogen-bond donors (Lipinski definition) is 0. The van der Waals surface area contributed by atoms with Crippen LogP contribution in [0.1, 0.15) is 122 Å². The van der Waals surface area contributed by atoms with Crippen LogP contribution in [0.2, 0.25) is 10.0 Å². The third-order valence-electron chi connectivity index (χ3n) is 11.1. The van der Waals surface area contributed by atoms with Crippen LogP contribution in [0.3, 0.4) is 0 Å². The van der Waals surface area contributed by atoms with Crippen LogP contribution in [0.5, 0.6) is 0 Å². The van der Waals surface area contributed by atoms with Gasteiger partial charge >= 0.3 is 325 Å². The fraction of sp³-hybridized carbons (Fsp3) is 0.375. The van der Waals surface area contributed by atoms with E-state index in [1.807, 2.05) is 0 Å². The molecule has 0 bridgehead atoms. The molecular formula is C48H58Cl4Zr.